The van der Waals surface area contributed by atoms with E-state index < -0.39 is 0 Å². The van der Waals surface area contributed by atoms with Gasteiger partial charge in [-0.2, -0.15) is 0 Å². The topological polar surface area (TPSA) is 80.9 Å². The largest absolute Gasteiger partial charge is 0.493 e. The highest BCUT2D eigenvalue weighted by Gasteiger charge is 2.10. The zero-order chi connectivity index (χ0) is 21.2. The Balaban J connectivity index is 0.00000341. The fourth-order valence-electron chi connectivity index (χ4n) is 2.84. The first kappa shape index (κ1) is 24.5. The fourth-order valence-corrected chi connectivity index (χ4v) is 2.84. The molecular weight excluding hydrogens is 507 g/mol. The van der Waals surface area contributed by atoms with Crippen LogP contribution in [0.25, 0.3) is 11.3 Å². The number of aromatic nitrogens is 1. The van der Waals surface area contributed by atoms with Crippen LogP contribution in [0, 0.1) is 0 Å². The summed E-state index contributed by atoms with van der Waals surface area (Å²) in [5.74, 6) is 2.85. The molecule has 166 valence electrons. The third-order valence-electron chi connectivity index (χ3n) is 4.31. The summed E-state index contributed by atoms with van der Waals surface area (Å²) >= 11 is 0. The number of ether oxygens (including phenoxy) is 2. The van der Waals surface area contributed by atoms with Crippen LogP contribution in [-0.2, 0) is 6.54 Å². The van der Waals surface area contributed by atoms with Gasteiger partial charge in [0.15, 0.2) is 23.2 Å². The molecule has 0 saturated carbocycles. The SMILES string of the molecule is CCNC(=NCc1cc(-c2ccccc2)on1)NCC(C)Oc1ccccc1OC.I. The average molecular weight is 536 g/mol. The maximum absolute atomic E-state index is 5.98. The van der Waals surface area contributed by atoms with Crippen molar-refractivity contribution in [1.29, 1.82) is 0 Å². The van der Waals surface area contributed by atoms with Gasteiger partial charge in [0.2, 0.25) is 0 Å². The van der Waals surface area contributed by atoms with Gasteiger partial charge >= 0.3 is 0 Å². The van der Waals surface area contributed by atoms with E-state index in [-0.39, 0.29) is 30.1 Å². The monoisotopic (exact) mass is 536 g/mol. The van der Waals surface area contributed by atoms with Crippen LogP contribution in [0.5, 0.6) is 11.5 Å². The predicted molar refractivity (Wildman–Crippen MR) is 133 cm³/mol. The summed E-state index contributed by atoms with van der Waals surface area (Å²) in [5.41, 5.74) is 1.76. The van der Waals surface area contributed by atoms with Gasteiger partial charge in [-0.3, -0.25) is 0 Å². The van der Waals surface area contributed by atoms with Gasteiger partial charge in [-0.1, -0.05) is 47.6 Å². The van der Waals surface area contributed by atoms with Crippen molar-refractivity contribution >= 4 is 29.9 Å². The molecule has 0 saturated heterocycles. The molecule has 3 aromatic rings. The molecule has 1 heterocycles. The Morgan fingerprint density at radius 3 is 2.48 bits per heavy atom. The van der Waals surface area contributed by atoms with Gasteiger partial charge < -0.3 is 24.6 Å². The van der Waals surface area contributed by atoms with Crippen LogP contribution in [0.4, 0.5) is 0 Å². The molecule has 0 bridgehead atoms. The normalized spacial score (nSPS) is 11.9. The molecule has 0 aliphatic carbocycles. The molecule has 0 amide bonds. The first-order chi connectivity index (χ1) is 14.7. The Morgan fingerprint density at radius 1 is 1.06 bits per heavy atom. The van der Waals surface area contributed by atoms with Gasteiger partial charge in [0.1, 0.15) is 11.8 Å². The van der Waals surface area contributed by atoms with Crippen molar-refractivity contribution in [1.82, 2.24) is 15.8 Å². The quantitative estimate of drug-likeness (QED) is 0.238. The van der Waals surface area contributed by atoms with Gasteiger partial charge in [-0.05, 0) is 26.0 Å². The summed E-state index contributed by atoms with van der Waals surface area (Å²) in [6, 6.07) is 19.4. The second-order valence-electron chi connectivity index (χ2n) is 6.70. The van der Waals surface area contributed by atoms with Gasteiger partial charge in [-0.15, -0.1) is 24.0 Å². The van der Waals surface area contributed by atoms with E-state index in [1.165, 1.54) is 0 Å². The molecule has 0 aliphatic heterocycles. The van der Waals surface area contributed by atoms with Gasteiger partial charge in [0.05, 0.1) is 20.2 Å². The highest BCUT2D eigenvalue weighted by Crippen LogP contribution is 2.26. The Hall–Kier alpha value is -2.75. The molecule has 8 heteroatoms. The summed E-state index contributed by atoms with van der Waals surface area (Å²) in [4.78, 5) is 4.60. The number of guanidine groups is 1. The second-order valence-corrected chi connectivity index (χ2v) is 6.70. The van der Waals surface area contributed by atoms with Crippen molar-refractivity contribution in [3.05, 3.63) is 66.4 Å². The molecule has 2 aromatic carbocycles. The molecule has 2 N–H and O–H groups in total. The zero-order valence-electron chi connectivity index (χ0n) is 18.0. The second kappa shape index (κ2) is 12.8. The maximum atomic E-state index is 5.98. The van der Waals surface area contributed by atoms with E-state index in [1.54, 1.807) is 7.11 Å². The lowest BCUT2D eigenvalue weighted by molar-refractivity contribution is 0.213. The minimum Gasteiger partial charge on any atom is -0.493 e. The number of para-hydroxylation sites is 2. The van der Waals surface area contributed by atoms with Gasteiger partial charge in [0, 0.05) is 18.2 Å². The van der Waals surface area contributed by atoms with Crippen LogP contribution in [-0.4, -0.2) is 37.4 Å². The number of aliphatic imine (C=N–C) groups is 1. The van der Waals surface area contributed by atoms with Crippen molar-refractivity contribution in [3.63, 3.8) is 0 Å². The van der Waals surface area contributed by atoms with Crippen molar-refractivity contribution in [2.75, 3.05) is 20.2 Å². The van der Waals surface area contributed by atoms with Crippen LogP contribution in [0.3, 0.4) is 0 Å². The molecule has 31 heavy (non-hydrogen) atoms. The highest BCUT2D eigenvalue weighted by molar-refractivity contribution is 14.0. The maximum Gasteiger partial charge on any atom is 0.191 e. The molecule has 0 fully saturated rings. The van der Waals surface area contributed by atoms with Crippen LogP contribution in [0.1, 0.15) is 19.5 Å². The smallest absolute Gasteiger partial charge is 0.191 e. The van der Waals surface area contributed by atoms with E-state index in [2.05, 4.69) is 20.8 Å². The summed E-state index contributed by atoms with van der Waals surface area (Å²) in [5, 5.41) is 10.7. The third kappa shape index (κ3) is 7.46. The molecule has 3 rings (SSSR count). The molecule has 0 aliphatic rings. The number of hydrogen-bond donors (Lipinski definition) is 2. The van der Waals surface area contributed by atoms with E-state index in [0.29, 0.717) is 30.5 Å². The fraction of sp³-hybridized carbons (Fsp3) is 0.304. The molecule has 1 aromatic heterocycles. The summed E-state index contributed by atoms with van der Waals surface area (Å²) in [7, 11) is 1.63. The Kier molecular flexibility index (Phi) is 10.2. The number of nitrogens with one attached hydrogen (secondary N) is 2. The minimum absolute atomic E-state index is 0. The minimum atomic E-state index is -0.0816. The number of halogens is 1. The third-order valence-corrected chi connectivity index (χ3v) is 4.31. The highest BCUT2D eigenvalue weighted by atomic mass is 127. The van der Waals surface area contributed by atoms with E-state index >= 15 is 0 Å². The molecule has 1 atom stereocenters. The zero-order valence-corrected chi connectivity index (χ0v) is 20.3. The first-order valence-electron chi connectivity index (χ1n) is 10.0. The standard InChI is InChI=1S/C23H28N4O3.HI/c1-4-24-23(25-15-17(2)29-21-13-9-8-12-20(21)28-3)26-16-19-14-22(30-27-19)18-10-6-5-7-11-18;/h5-14,17H,4,15-16H2,1-3H3,(H2,24,25,26);1H. The van der Waals surface area contributed by atoms with Crippen molar-refractivity contribution in [3.8, 4) is 22.8 Å². The van der Waals surface area contributed by atoms with E-state index in [1.807, 2.05) is 74.5 Å². The van der Waals surface area contributed by atoms with Crippen molar-refractivity contribution in [2.45, 2.75) is 26.5 Å². The Morgan fingerprint density at radius 2 is 1.77 bits per heavy atom. The van der Waals surface area contributed by atoms with E-state index in [9.17, 15) is 0 Å². The molecule has 0 radical (unpaired) electrons. The summed E-state index contributed by atoms with van der Waals surface area (Å²) in [6.45, 7) is 5.76. The van der Waals surface area contributed by atoms with Crippen molar-refractivity contribution in [2.24, 2.45) is 4.99 Å². The van der Waals surface area contributed by atoms with Crippen LogP contribution in [0.2, 0.25) is 0 Å². The number of nitrogens with zero attached hydrogens (tertiary/aromatic N) is 2. The average Bonchev–Trinajstić information content (AvgIpc) is 3.26. The lowest BCUT2D eigenvalue weighted by Crippen LogP contribution is -2.41. The number of rotatable bonds is 9. The number of hydrogen-bond acceptors (Lipinski definition) is 5. The lowest BCUT2D eigenvalue weighted by Gasteiger charge is -2.18. The number of benzene rings is 2. The molecular formula is C23H29IN4O3. The number of methoxy groups -OCH3 is 1. The summed E-state index contributed by atoms with van der Waals surface area (Å²) in [6.07, 6.45) is -0.0816. The lowest BCUT2D eigenvalue weighted by atomic mass is 10.2. The van der Waals surface area contributed by atoms with Crippen LogP contribution >= 0.6 is 24.0 Å². The molecule has 1 unspecified atom stereocenters. The van der Waals surface area contributed by atoms with Gasteiger partial charge in [0.25, 0.3) is 0 Å². The van der Waals surface area contributed by atoms with Crippen LogP contribution < -0.4 is 20.1 Å². The van der Waals surface area contributed by atoms with Gasteiger partial charge in [-0.25, -0.2) is 4.99 Å². The van der Waals surface area contributed by atoms with Crippen molar-refractivity contribution < 1.29 is 14.0 Å². The van der Waals surface area contributed by atoms with Crippen LogP contribution in [0.15, 0.2) is 70.2 Å². The Bertz CT molecular complexity index is 947. The first-order valence-corrected chi connectivity index (χ1v) is 10.0. The summed E-state index contributed by atoms with van der Waals surface area (Å²) < 4.78 is 16.8. The molecule has 0 spiro atoms. The van der Waals surface area contributed by atoms with E-state index in [4.69, 9.17) is 14.0 Å². The Labute approximate surface area is 200 Å². The molecule has 7 nitrogen and oxygen atoms in total. The predicted octanol–water partition coefficient (Wildman–Crippen LogP) is 4.49. The van der Waals surface area contributed by atoms with E-state index in [0.717, 1.165) is 23.6 Å².